The number of carbonyl (C=O) groups is 2. The molecule has 9 nitrogen and oxygen atoms in total. The molecule has 3 aromatic carbocycles. The number of hydrogen-bond donors (Lipinski definition) is 2. The number of aliphatic hydroxyl groups excluding tert-OH is 1. The fourth-order valence-electron chi connectivity index (χ4n) is 5.98. The first kappa shape index (κ1) is 34.9. The molecule has 5 unspecified atom stereocenters. The van der Waals surface area contributed by atoms with Crippen molar-refractivity contribution in [2.75, 3.05) is 20.1 Å². The lowest BCUT2D eigenvalue weighted by Gasteiger charge is -2.42. The molecule has 1 amide bonds. The summed E-state index contributed by atoms with van der Waals surface area (Å²) in [6.07, 6.45) is 0.925. The van der Waals surface area contributed by atoms with Crippen LogP contribution in [-0.2, 0) is 43.4 Å². The number of benzene rings is 3. The zero-order valence-corrected chi connectivity index (χ0v) is 28.0. The van der Waals surface area contributed by atoms with E-state index in [2.05, 4.69) is 29.2 Å². The number of aromatic nitrogens is 1. The number of carbonyl (C=O) groups excluding carboxylic acids is 2. The maximum Gasteiger partial charge on any atom is 0.303 e. The van der Waals surface area contributed by atoms with Crippen LogP contribution >= 0.6 is 0 Å². The standard InChI is InChI=1S/C39H45N3O6/c1-26-36(24-42(4)22-20-34-10-7-8-21-40-34)47-39(48-37(26)31-14-12-29(25-43)13-15-31)32-18-16-30(17-19-32)35-11-6-5-9-33(35)23-41-38(45)27(2)46-28(3)44/h5-19,21,26-27,36-37,39,43H,20,22-25H2,1-4H3,(H,41,45). The summed E-state index contributed by atoms with van der Waals surface area (Å²) in [6.45, 7) is 6.87. The molecule has 9 heteroatoms. The Labute approximate surface area is 282 Å². The summed E-state index contributed by atoms with van der Waals surface area (Å²) in [5, 5.41) is 12.5. The molecule has 0 saturated carbocycles. The normalized spacial score (nSPS) is 19.9. The van der Waals surface area contributed by atoms with Gasteiger partial charge in [-0.1, -0.05) is 85.8 Å². The Balaban J connectivity index is 1.32. The third-order valence-electron chi connectivity index (χ3n) is 8.77. The van der Waals surface area contributed by atoms with Crippen LogP contribution in [0, 0.1) is 5.92 Å². The largest absolute Gasteiger partial charge is 0.453 e. The fraction of sp³-hybridized carbons (Fsp3) is 0.359. The van der Waals surface area contributed by atoms with E-state index in [0.29, 0.717) is 6.54 Å². The lowest BCUT2D eigenvalue weighted by molar-refractivity contribution is -0.275. The summed E-state index contributed by atoms with van der Waals surface area (Å²) in [4.78, 5) is 30.5. The highest BCUT2D eigenvalue weighted by atomic mass is 16.7. The van der Waals surface area contributed by atoms with Crippen LogP contribution in [0.15, 0.2) is 97.2 Å². The Kier molecular flexibility index (Phi) is 12.1. The molecule has 48 heavy (non-hydrogen) atoms. The molecular formula is C39H45N3O6. The van der Waals surface area contributed by atoms with Crippen molar-refractivity contribution in [3.05, 3.63) is 125 Å². The minimum absolute atomic E-state index is 0.00790. The number of aliphatic hydroxyl groups is 1. The lowest BCUT2D eigenvalue weighted by Crippen LogP contribution is -2.43. The molecule has 1 aliphatic heterocycles. The number of amides is 1. The predicted octanol–water partition coefficient (Wildman–Crippen LogP) is 5.77. The quantitative estimate of drug-likeness (QED) is 0.175. The second-order valence-electron chi connectivity index (χ2n) is 12.4. The van der Waals surface area contributed by atoms with Gasteiger partial charge in [-0.2, -0.15) is 0 Å². The Morgan fingerprint density at radius 2 is 1.67 bits per heavy atom. The average molecular weight is 652 g/mol. The third kappa shape index (κ3) is 9.14. The minimum Gasteiger partial charge on any atom is -0.453 e. The van der Waals surface area contributed by atoms with Crippen LogP contribution in [0.25, 0.3) is 11.1 Å². The lowest BCUT2D eigenvalue weighted by atomic mass is 9.90. The van der Waals surface area contributed by atoms with Crippen LogP contribution in [0.2, 0.25) is 0 Å². The molecule has 1 aromatic heterocycles. The van der Waals surface area contributed by atoms with Gasteiger partial charge in [0.15, 0.2) is 12.4 Å². The number of nitrogens with zero attached hydrogens (tertiary/aromatic N) is 2. The highest BCUT2D eigenvalue weighted by Crippen LogP contribution is 2.42. The van der Waals surface area contributed by atoms with Gasteiger partial charge in [-0.15, -0.1) is 0 Å². The Bertz CT molecular complexity index is 1630. The molecule has 1 saturated heterocycles. The van der Waals surface area contributed by atoms with Crippen molar-refractivity contribution in [3.8, 4) is 11.1 Å². The summed E-state index contributed by atoms with van der Waals surface area (Å²) in [6, 6.07) is 30.0. The molecule has 0 radical (unpaired) electrons. The van der Waals surface area contributed by atoms with Gasteiger partial charge in [-0.05, 0) is 53.9 Å². The molecule has 0 bridgehead atoms. The van der Waals surface area contributed by atoms with E-state index in [4.69, 9.17) is 14.2 Å². The van der Waals surface area contributed by atoms with Gasteiger partial charge in [0.05, 0.1) is 18.8 Å². The third-order valence-corrected chi connectivity index (χ3v) is 8.77. The molecule has 4 aromatic rings. The molecule has 1 aliphatic rings. The van der Waals surface area contributed by atoms with Gasteiger partial charge in [0, 0.05) is 56.4 Å². The molecule has 2 heterocycles. The molecular weight excluding hydrogens is 606 g/mol. The number of likely N-dealkylation sites (N-methyl/N-ethyl adjacent to an activating group) is 1. The van der Waals surface area contributed by atoms with Gasteiger partial charge in [-0.3, -0.25) is 14.6 Å². The van der Waals surface area contributed by atoms with Crippen LogP contribution in [0.5, 0.6) is 0 Å². The van der Waals surface area contributed by atoms with Gasteiger partial charge in [0.1, 0.15) is 0 Å². The number of hydrogen-bond acceptors (Lipinski definition) is 8. The van der Waals surface area contributed by atoms with Crippen molar-refractivity contribution >= 4 is 11.9 Å². The smallest absolute Gasteiger partial charge is 0.303 e. The summed E-state index contributed by atoms with van der Waals surface area (Å²) in [5.41, 5.74) is 6.78. The Morgan fingerprint density at radius 3 is 2.35 bits per heavy atom. The summed E-state index contributed by atoms with van der Waals surface area (Å²) in [5.74, 6) is -0.777. The van der Waals surface area contributed by atoms with E-state index >= 15 is 0 Å². The molecule has 252 valence electrons. The monoisotopic (exact) mass is 651 g/mol. The second-order valence-corrected chi connectivity index (χ2v) is 12.4. The van der Waals surface area contributed by atoms with E-state index in [0.717, 1.165) is 58.6 Å². The maximum atomic E-state index is 12.5. The van der Waals surface area contributed by atoms with Gasteiger partial charge < -0.3 is 29.5 Å². The van der Waals surface area contributed by atoms with Crippen molar-refractivity contribution in [2.24, 2.45) is 5.92 Å². The van der Waals surface area contributed by atoms with Crippen LogP contribution < -0.4 is 5.32 Å². The van der Waals surface area contributed by atoms with Crippen molar-refractivity contribution < 1.29 is 28.9 Å². The van der Waals surface area contributed by atoms with E-state index in [9.17, 15) is 14.7 Å². The topological polar surface area (TPSA) is 110 Å². The number of pyridine rings is 1. The highest BCUT2D eigenvalue weighted by molar-refractivity contribution is 5.83. The van der Waals surface area contributed by atoms with Gasteiger partial charge in [0.2, 0.25) is 0 Å². The molecule has 0 spiro atoms. The van der Waals surface area contributed by atoms with Crippen LogP contribution in [0.4, 0.5) is 0 Å². The van der Waals surface area contributed by atoms with Gasteiger partial charge in [0.25, 0.3) is 5.91 Å². The highest BCUT2D eigenvalue weighted by Gasteiger charge is 2.38. The fourth-order valence-corrected chi connectivity index (χ4v) is 5.98. The number of esters is 1. The summed E-state index contributed by atoms with van der Waals surface area (Å²) < 4.78 is 18.4. The minimum atomic E-state index is -0.868. The Hall–Kier alpha value is -4.41. The van der Waals surface area contributed by atoms with Crippen LogP contribution in [0.1, 0.15) is 61.1 Å². The summed E-state index contributed by atoms with van der Waals surface area (Å²) >= 11 is 0. The van der Waals surface area contributed by atoms with E-state index < -0.39 is 18.4 Å². The Morgan fingerprint density at radius 1 is 0.958 bits per heavy atom. The number of nitrogens with one attached hydrogen (secondary N) is 1. The molecule has 5 rings (SSSR count). The van der Waals surface area contributed by atoms with Crippen LogP contribution in [-0.4, -0.2) is 59.2 Å². The van der Waals surface area contributed by atoms with Crippen LogP contribution in [0.3, 0.4) is 0 Å². The van der Waals surface area contributed by atoms with E-state index in [-0.39, 0.29) is 30.6 Å². The number of ether oxygens (including phenoxy) is 3. The zero-order chi connectivity index (χ0) is 34.0. The molecule has 5 atom stereocenters. The van der Waals surface area contributed by atoms with Crippen molar-refractivity contribution in [3.63, 3.8) is 0 Å². The van der Waals surface area contributed by atoms with Gasteiger partial charge >= 0.3 is 5.97 Å². The maximum absolute atomic E-state index is 12.5. The first-order chi connectivity index (χ1) is 23.2. The average Bonchev–Trinajstić information content (AvgIpc) is 3.11. The second kappa shape index (κ2) is 16.6. The van der Waals surface area contributed by atoms with Crippen molar-refractivity contribution in [1.29, 1.82) is 0 Å². The zero-order valence-electron chi connectivity index (χ0n) is 28.0. The first-order valence-electron chi connectivity index (χ1n) is 16.4. The molecule has 2 N–H and O–H groups in total. The SMILES string of the molecule is CC(=O)OC(C)C(=O)NCc1ccccc1-c1ccc(C2OC(CN(C)CCc3ccccn3)C(C)C(c3ccc(CO)cc3)O2)cc1. The van der Waals surface area contributed by atoms with E-state index in [1.54, 1.807) is 6.92 Å². The van der Waals surface area contributed by atoms with Gasteiger partial charge in [-0.25, -0.2) is 0 Å². The van der Waals surface area contributed by atoms with E-state index in [1.807, 2.05) is 97.2 Å². The predicted molar refractivity (Wildman–Crippen MR) is 183 cm³/mol. The van der Waals surface area contributed by atoms with Crippen molar-refractivity contribution in [2.45, 2.75) is 64.9 Å². The summed E-state index contributed by atoms with van der Waals surface area (Å²) in [7, 11) is 2.11. The first-order valence-corrected chi connectivity index (χ1v) is 16.4. The van der Waals surface area contributed by atoms with Crippen molar-refractivity contribution in [1.82, 2.24) is 15.2 Å². The van der Waals surface area contributed by atoms with E-state index in [1.165, 1.54) is 6.92 Å². The molecule has 0 aliphatic carbocycles. The number of rotatable bonds is 13. The molecule has 1 fully saturated rings.